The molecular weight excluding hydrogens is 456 g/mol. The highest BCUT2D eigenvalue weighted by Gasteiger charge is 2.33. The number of benzene rings is 3. The molecule has 0 aliphatic carbocycles. The molecule has 180 valence electrons. The molecule has 1 atom stereocenters. The second kappa shape index (κ2) is 10.3. The van der Waals surface area contributed by atoms with E-state index in [-0.39, 0.29) is 6.04 Å². The first-order valence-corrected chi connectivity index (χ1v) is 11.5. The van der Waals surface area contributed by atoms with Crippen molar-refractivity contribution in [2.24, 2.45) is 5.10 Å². The van der Waals surface area contributed by atoms with Crippen molar-refractivity contribution in [2.45, 2.75) is 12.5 Å². The van der Waals surface area contributed by atoms with E-state index in [4.69, 9.17) is 13.9 Å². The van der Waals surface area contributed by atoms with E-state index in [0.29, 0.717) is 12.2 Å². The molecule has 36 heavy (non-hydrogen) atoms. The third-order valence-electron chi connectivity index (χ3n) is 6.01. The molecule has 3 aromatic carbocycles. The molecule has 7 nitrogen and oxygen atoms in total. The van der Waals surface area contributed by atoms with E-state index in [2.05, 4.69) is 17.2 Å². The Balaban J connectivity index is 1.37. The summed E-state index contributed by atoms with van der Waals surface area (Å²) < 4.78 is 15.6. The molecule has 0 fully saturated rings. The molecule has 4 aromatic rings. The van der Waals surface area contributed by atoms with Gasteiger partial charge in [0.1, 0.15) is 11.5 Å². The van der Waals surface area contributed by atoms with Crippen molar-refractivity contribution < 1.29 is 23.5 Å². The van der Waals surface area contributed by atoms with Gasteiger partial charge in [-0.05, 0) is 58.3 Å². The molecule has 1 aromatic heterocycles. The zero-order chi connectivity index (χ0) is 24.9. The predicted octanol–water partition coefficient (Wildman–Crippen LogP) is 5.38. The van der Waals surface area contributed by atoms with Gasteiger partial charge in [0, 0.05) is 12.5 Å². The van der Waals surface area contributed by atoms with Crippen LogP contribution in [0.2, 0.25) is 0 Å². The average molecular weight is 481 g/mol. The molecule has 0 bridgehead atoms. The Morgan fingerprint density at radius 1 is 1.03 bits per heavy atom. The molecule has 1 amide bonds. The van der Waals surface area contributed by atoms with E-state index in [1.807, 2.05) is 54.6 Å². The number of methoxy groups -OCH3 is 1. The number of esters is 1. The van der Waals surface area contributed by atoms with E-state index in [9.17, 15) is 9.59 Å². The summed E-state index contributed by atoms with van der Waals surface area (Å²) in [5.41, 5.74) is 2.65. The third kappa shape index (κ3) is 5.05. The van der Waals surface area contributed by atoms with Crippen LogP contribution in [0.15, 0.2) is 101 Å². The fourth-order valence-corrected chi connectivity index (χ4v) is 4.15. The molecule has 1 unspecified atom stereocenters. The minimum Gasteiger partial charge on any atom is -0.497 e. The maximum Gasteiger partial charge on any atom is 0.331 e. The molecule has 1 aliphatic rings. The Kier molecular flexibility index (Phi) is 6.62. The van der Waals surface area contributed by atoms with Crippen LogP contribution in [-0.2, 0) is 14.3 Å². The number of carbonyl (C=O) groups is 2. The quantitative estimate of drug-likeness (QED) is 0.262. The first-order valence-electron chi connectivity index (χ1n) is 11.5. The molecule has 5 rings (SSSR count). The van der Waals surface area contributed by atoms with Crippen molar-refractivity contribution in [2.75, 3.05) is 13.7 Å². The number of hydrazone groups is 1. The highest BCUT2D eigenvalue weighted by atomic mass is 16.5. The summed E-state index contributed by atoms with van der Waals surface area (Å²) in [5, 5.41) is 8.32. The first kappa shape index (κ1) is 23.1. The van der Waals surface area contributed by atoms with E-state index >= 15 is 0 Å². The maximum absolute atomic E-state index is 13.2. The number of hydrogen-bond acceptors (Lipinski definition) is 6. The van der Waals surface area contributed by atoms with Crippen LogP contribution < -0.4 is 4.74 Å². The number of rotatable bonds is 7. The zero-order valence-corrected chi connectivity index (χ0v) is 19.7. The Morgan fingerprint density at radius 2 is 1.83 bits per heavy atom. The van der Waals surface area contributed by atoms with Gasteiger partial charge in [0.05, 0.1) is 25.1 Å². The minimum absolute atomic E-state index is 0.331. The third-order valence-corrected chi connectivity index (χ3v) is 6.01. The second-order valence-corrected chi connectivity index (χ2v) is 8.30. The lowest BCUT2D eigenvalue weighted by Crippen LogP contribution is -2.31. The van der Waals surface area contributed by atoms with Gasteiger partial charge in [-0.25, -0.2) is 9.80 Å². The largest absolute Gasteiger partial charge is 0.497 e. The van der Waals surface area contributed by atoms with Crippen molar-refractivity contribution in [3.63, 3.8) is 0 Å². The highest BCUT2D eigenvalue weighted by Crippen LogP contribution is 2.34. The highest BCUT2D eigenvalue weighted by molar-refractivity contribution is 6.05. The fourth-order valence-electron chi connectivity index (χ4n) is 4.15. The number of carbonyl (C=O) groups excluding carboxylic acids is 2. The minimum atomic E-state index is -0.640. The van der Waals surface area contributed by atoms with Crippen molar-refractivity contribution in [3.05, 3.63) is 108 Å². The number of fused-ring (bicyclic) bond motifs is 1. The van der Waals surface area contributed by atoms with Gasteiger partial charge >= 0.3 is 5.97 Å². The van der Waals surface area contributed by atoms with Crippen molar-refractivity contribution >= 4 is 34.4 Å². The van der Waals surface area contributed by atoms with Crippen molar-refractivity contribution in [1.82, 2.24) is 5.01 Å². The standard InChI is InChI=1S/C29H24N2O5/c1-34-24-12-10-21(11-13-24)27-18-26(23-9-8-20-5-2-3-6-22(20)17-23)30-31(27)28(32)19-36-29(33)15-14-25-7-4-16-35-25/h2-17,27H,18-19H2,1H3. The summed E-state index contributed by atoms with van der Waals surface area (Å²) in [7, 11) is 1.61. The lowest BCUT2D eigenvalue weighted by atomic mass is 9.97. The number of nitrogens with zero attached hydrogens (tertiary/aromatic N) is 2. The lowest BCUT2D eigenvalue weighted by Gasteiger charge is -2.22. The van der Waals surface area contributed by atoms with Crippen LogP contribution in [0.1, 0.15) is 29.3 Å². The summed E-state index contributed by atoms with van der Waals surface area (Å²) >= 11 is 0. The maximum atomic E-state index is 13.2. The van der Waals surface area contributed by atoms with Gasteiger partial charge in [-0.15, -0.1) is 0 Å². The monoisotopic (exact) mass is 480 g/mol. The summed E-state index contributed by atoms with van der Waals surface area (Å²) in [6.45, 7) is -0.428. The zero-order valence-electron chi connectivity index (χ0n) is 19.7. The van der Waals surface area contributed by atoms with Gasteiger partial charge in [-0.2, -0.15) is 5.10 Å². The molecule has 0 radical (unpaired) electrons. The number of furan rings is 1. The first-order chi connectivity index (χ1) is 17.6. The molecule has 1 aliphatic heterocycles. The van der Waals surface area contributed by atoms with Crippen LogP contribution in [0.25, 0.3) is 16.8 Å². The normalized spacial score (nSPS) is 15.3. The summed E-state index contributed by atoms with van der Waals surface area (Å²) in [4.78, 5) is 25.3. The van der Waals surface area contributed by atoms with E-state index in [1.165, 1.54) is 23.4 Å². The fraction of sp³-hybridized carbons (Fsp3) is 0.138. The summed E-state index contributed by atoms with van der Waals surface area (Å²) in [6.07, 6.45) is 4.74. The van der Waals surface area contributed by atoms with Crippen LogP contribution in [0, 0.1) is 0 Å². The van der Waals surface area contributed by atoms with Crippen LogP contribution in [0.4, 0.5) is 0 Å². The van der Waals surface area contributed by atoms with Crippen LogP contribution in [0.3, 0.4) is 0 Å². The van der Waals surface area contributed by atoms with E-state index in [0.717, 1.165) is 33.4 Å². The van der Waals surface area contributed by atoms with Crippen LogP contribution in [0.5, 0.6) is 5.75 Å². The molecule has 0 N–H and O–H groups in total. The molecule has 0 saturated heterocycles. The molecule has 2 heterocycles. The van der Waals surface area contributed by atoms with Gasteiger partial charge in [0.25, 0.3) is 5.91 Å². The Hall–Kier alpha value is -4.65. The van der Waals surface area contributed by atoms with Crippen LogP contribution in [-0.4, -0.2) is 36.3 Å². The van der Waals surface area contributed by atoms with Gasteiger partial charge in [-0.1, -0.05) is 48.5 Å². The van der Waals surface area contributed by atoms with Crippen LogP contribution >= 0.6 is 0 Å². The number of ether oxygens (including phenoxy) is 2. The predicted molar refractivity (Wildman–Crippen MR) is 136 cm³/mol. The Morgan fingerprint density at radius 3 is 2.58 bits per heavy atom. The number of amides is 1. The van der Waals surface area contributed by atoms with E-state index in [1.54, 1.807) is 19.2 Å². The molecular formula is C29H24N2O5. The number of hydrogen-bond donors (Lipinski definition) is 0. The van der Waals surface area contributed by atoms with Gasteiger partial charge < -0.3 is 13.9 Å². The van der Waals surface area contributed by atoms with Crippen molar-refractivity contribution in [1.29, 1.82) is 0 Å². The van der Waals surface area contributed by atoms with Gasteiger partial charge in [0.2, 0.25) is 0 Å². The van der Waals surface area contributed by atoms with E-state index < -0.39 is 18.5 Å². The molecule has 7 heteroatoms. The summed E-state index contributed by atoms with van der Waals surface area (Å²) in [6, 6.07) is 24.9. The Bertz CT molecular complexity index is 1440. The van der Waals surface area contributed by atoms with Gasteiger partial charge in [0.15, 0.2) is 6.61 Å². The smallest absolute Gasteiger partial charge is 0.331 e. The molecule has 0 spiro atoms. The topological polar surface area (TPSA) is 81.3 Å². The Labute approximate surface area is 208 Å². The van der Waals surface area contributed by atoms with Gasteiger partial charge in [-0.3, -0.25) is 4.79 Å². The average Bonchev–Trinajstić information content (AvgIpc) is 3.61. The molecule has 0 saturated carbocycles. The SMILES string of the molecule is COc1ccc(C2CC(c3ccc4ccccc4c3)=NN2C(=O)COC(=O)C=Cc2ccco2)cc1. The summed E-state index contributed by atoms with van der Waals surface area (Å²) in [5.74, 6) is 0.189. The lowest BCUT2D eigenvalue weighted by molar-refractivity contribution is -0.149. The van der Waals surface area contributed by atoms with Crippen molar-refractivity contribution in [3.8, 4) is 5.75 Å². The second-order valence-electron chi connectivity index (χ2n) is 8.30.